The molecule has 0 saturated carbocycles. The SMILES string of the molecule is COc1ccc(S(=O)(=O)N(C)c2cccc(C(=O)Nc3cccc(F)c3)c2)cc1. The standard InChI is InChI=1S/C21H19FN2O4S/c1-24(29(26,27)20-11-9-19(28-2)10-12-20)18-8-3-5-15(13-18)21(25)23-17-7-4-6-16(22)14-17/h3-14H,1-2H3,(H,23,25). The minimum Gasteiger partial charge on any atom is -0.497 e. The number of amides is 1. The molecule has 29 heavy (non-hydrogen) atoms. The molecule has 0 aliphatic heterocycles. The van der Waals surface area contributed by atoms with Crippen LogP contribution < -0.4 is 14.4 Å². The first-order valence-electron chi connectivity index (χ1n) is 8.61. The molecule has 1 amide bonds. The summed E-state index contributed by atoms with van der Waals surface area (Å²) < 4.78 is 45.2. The average molecular weight is 414 g/mol. The van der Waals surface area contributed by atoms with Gasteiger partial charge in [0.25, 0.3) is 15.9 Å². The van der Waals surface area contributed by atoms with Crippen LogP contribution >= 0.6 is 0 Å². The van der Waals surface area contributed by atoms with Crippen molar-refractivity contribution in [1.29, 1.82) is 0 Å². The Morgan fingerprint density at radius 2 is 1.69 bits per heavy atom. The molecule has 0 aliphatic rings. The van der Waals surface area contributed by atoms with E-state index in [1.54, 1.807) is 36.4 Å². The van der Waals surface area contributed by atoms with Gasteiger partial charge in [-0.05, 0) is 60.7 Å². The van der Waals surface area contributed by atoms with E-state index in [2.05, 4.69) is 5.32 Å². The molecule has 0 heterocycles. The predicted molar refractivity (Wildman–Crippen MR) is 109 cm³/mol. The maximum absolute atomic E-state index is 13.3. The number of benzene rings is 3. The zero-order chi connectivity index (χ0) is 21.0. The summed E-state index contributed by atoms with van der Waals surface area (Å²) in [4.78, 5) is 12.6. The van der Waals surface area contributed by atoms with Crippen LogP contribution in [0.2, 0.25) is 0 Å². The van der Waals surface area contributed by atoms with Gasteiger partial charge in [-0.2, -0.15) is 0 Å². The zero-order valence-electron chi connectivity index (χ0n) is 15.8. The summed E-state index contributed by atoms with van der Waals surface area (Å²) in [5, 5.41) is 2.59. The van der Waals surface area contributed by atoms with Crippen molar-refractivity contribution in [2.75, 3.05) is 23.8 Å². The third kappa shape index (κ3) is 4.55. The molecule has 3 aromatic rings. The molecule has 0 saturated heterocycles. The summed E-state index contributed by atoms with van der Waals surface area (Å²) in [7, 11) is -0.926. The highest BCUT2D eigenvalue weighted by atomic mass is 32.2. The largest absolute Gasteiger partial charge is 0.497 e. The van der Waals surface area contributed by atoms with Gasteiger partial charge in [0.2, 0.25) is 0 Å². The molecule has 0 spiro atoms. The van der Waals surface area contributed by atoms with E-state index in [0.717, 1.165) is 4.31 Å². The van der Waals surface area contributed by atoms with Gasteiger partial charge in [-0.1, -0.05) is 12.1 Å². The van der Waals surface area contributed by atoms with E-state index in [4.69, 9.17) is 4.74 Å². The minimum absolute atomic E-state index is 0.0930. The van der Waals surface area contributed by atoms with Crippen molar-refractivity contribution in [2.24, 2.45) is 0 Å². The van der Waals surface area contributed by atoms with Gasteiger partial charge in [-0.15, -0.1) is 0 Å². The van der Waals surface area contributed by atoms with E-state index in [0.29, 0.717) is 17.1 Å². The number of rotatable bonds is 6. The molecule has 1 N–H and O–H groups in total. The Bertz CT molecular complexity index is 1130. The third-order valence-corrected chi connectivity index (χ3v) is 6.07. The number of hydrogen-bond acceptors (Lipinski definition) is 4. The van der Waals surface area contributed by atoms with E-state index in [-0.39, 0.29) is 10.5 Å². The lowest BCUT2D eigenvalue weighted by Crippen LogP contribution is -2.26. The molecule has 0 atom stereocenters. The van der Waals surface area contributed by atoms with Gasteiger partial charge < -0.3 is 10.1 Å². The van der Waals surface area contributed by atoms with E-state index < -0.39 is 21.7 Å². The van der Waals surface area contributed by atoms with Gasteiger partial charge in [0.15, 0.2) is 0 Å². The second-order valence-corrected chi connectivity index (χ2v) is 8.13. The van der Waals surface area contributed by atoms with Crippen LogP contribution in [-0.4, -0.2) is 28.5 Å². The van der Waals surface area contributed by atoms with Crippen LogP contribution in [0.15, 0.2) is 77.7 Å². The van der Waals surface area contributed by atoms with Crippen LogP contribution in [0, 0.1) is 5.82 Å². The molecule has 0 unspecified atom stereocenters. The number of halogens is 1. The highest BCUT2D eigenvalue weighted by molar-refractivity contribution is 7.92. The first-order chi connectivity index (χ1) is 13.8. The Morgan fingerprint density at radius 3 is 2.34 bits per heavy atom. The summed E-state index contributed by atoms with van der Waals surface area (Å²) in [5.74, 6) is -0.405. The zero-order valence-corrected chi connectivity index (χ0v) is 16.6. The highest BCUT2D eigenvalue weighted by Gasteiger charge is 2.22. The topological polar surface area (TPSA) is 75.7 Å². The fourth-order valence-electron chi connectivity index (χ4n) is 2.66. The van der Waals surface area contributed by atoms with Gasteiger partial charge in [0.1, 0.15) is 11.6 Å². The highest BCUT2D eigenvalue weighted by Crippen LogP contribution is 2.25. The number of carbonyl (C=O) groups excluding carboxylic acids is 1. The van der Waals surface area contributed by atoms with Crippen molar-refractivity contribution in [3.63, 3.8) is 0 Å². The molecule has 0 fully saturated rings. The van der Waals surface area contributed by atoms with E-state index in [9.17, 15) is 17.6 Å². The Hall–Kier alpha value is -3.39. The lowest BCUT2D eigenvalue weighted by molar-refractivity contribution is 0.102. The van der Waals surface area contributed by atoms with Crippen molar-refractivity contribution in [1.82, 2.24) is 0 Å². The van der Waals surface area contributed by atoms with Gasteiger partial charge in [0.05, 0.1) is 17.7 Å². The van der Waals surface area contributed by atoms with Crippen LogP contribution in [0.25, 0.3) is 0 Å². The van der Waals surface area contributed by atoms with Gasteiger partial charge >= 0.3 is 0 Å². The van der Waals surface area contributed by atoms with Crippen LogP contribution in [-0.2, 0) is 10.0 Å². The number of methoxy groups -OCH3 is 1. The number of carbonyl (C=O) groups is 1. The number of sulfonamides is 1. The molecule has 150 valence electrons. The minimum atomic E-state index is -3.83. The molecule has 3 aromatic carbocycles. The Kier molecular flexibility index (Phi) is 5.84. The van der Waals surface area contributed by atoms with E-state index in [1.807, 2.05) is 0 Å². The van der Waals surface area contributed by atoms with Gasteiger partial charge in [-0.25, -0.2) is 12.8 Å². The maximum atomic E-state index is 13.3. The third-order valence-electron chi connectivity index (χ3n) is 4.27. The summed E-state index contributed by atoms with van der Waals surface area (Å²) in [6.45, 7) is 0. The summed E-state index contributed by atoms with van der Waals surface area (Å²) >= 11 is 0. The van der Waals surface area contributed by atoms with Crippen LogP contribution in [0.4, 0.5) is 15.8 Å². The summed E-state index contributed by atoms with van der Waals surface area (Å²) in [5.41, 5.74) is 0.857. The van der Waals surface area contributed by atoms with Crippen molar-refractivity contribution >= 4 is 27.3 Å². The normalized spacial score (nSPS) is 11.0. The number of nitrogens with one attached hydrogen (secondary N) is 1. The van der Waals surface area contributed by atoms with Crippen molar-refractivity contribution in [3.8, 4) is 5.75 Å². The fraction of sp³-hybridized carbons (Fsp3) is 0.0952. The van der Waals surface area contributed by atoms with Crippen LogP contribution in [0.5, 0.6) is 5.75 Å². The molecule has 3 rings (SSSR count). The lowest BCUT2D eigenvalue weighted by Gasteiger charge is -2.20. The smallest absolute Gasteiger partial charge is 0.264 e. The Morgan fingerprint density at radius 1 is 1.00 bits per heavy atom. The summed E-state index contributed by atoms with van der Waals surface area (Å²) in [6.07, 6.45) is 0. The van der Waals surface area contributed by atoms with E-state index >= 15 is 0 Å². The number of hydrogen-bond donors (Lipinski definition) is 1. The lowest BCUT2D eigenvalue weighted by atomic mass is 10.2. The molecule has 0 bridgehead atoms. The monoisotopic (exact) mass is 414 g/mol. The molecule has 0 aliphatic carbocycles. The molecule has 6 nitrogen and oxygen atoms in total. The molecule has 0 aromatic heterocycles. The first-order valence-corrected chi connectivity index (χ1v) is 10.1. The van der Waals surface area contributed by atoms with Gasteiger partial charge in [-0.3, -0.25) is 9.10 Å². The Labute approximate surface area is 168 Å². The quantitative estimate of drug-likeness (QED) is 0.664. The summed E-state index contributed by atoms with van der Waals surface area (Å²) in [6, 6.07) is 17.7. The van der Waals surface area contributed by atoms with Crippen LogP contribution in [0.1, 0.15) is 10.4 Å². The number of ether oxygens (including phenoxy) is 1. The van der Waals surface area contributed by atoms with E-state index in [1.165, 1.54) is 50.6 Å². The van der Waals surface area contributed by atoms with Crippen LogP contribution in [0.3, 0.4) is 0 Å². The number of anilines is 2. The molecule has 8 heteroatoms. The van der Waals surface area contributed by atoms with Gasteiger partial charge in [0, 0.05) is 18.3 Å². The second-order valence-electron chi connectivity index (χ2n) is 6.16. The molecule has 0 radical (unpaired) electrons. The van der Waals surface area contributed by atoms with Crippen molar-refractivity contribution in [3.05, 3.63) is 84.2 Å². The average Bonchev–Trinajstić information content (AvgIpc) is 2.73. The van der Waals surface area contributed by atoms with Crippen molar-refractivity contribution < 1.29 is 22.3 Å². The molecular formula is C21H19FN2O4S. The van der Waals surface area contributed by atoms with Crippen molar-refractivity contribution in [2.45, 2.75) is 4.90 Å². The maximum Gasteiger partial charge on any atom is 0.264 e. The fourth-order valence-corrected chi connectivity index (χ4v) is 3.84. The Balaban J connectivity index is 1.84. The number of nitrogens with zero attached hydrogens (tertiary/aromatic N) is 1. The predicted octanol–water partition coefficient (Wildman–Crippen LogP) is 3.91. The molecular weight excluding hydrogens is 395 g/mol. The second kappa shape index (κ2) is 8.32. The first kappa shape index (κ1) is 20.3.